The Morgan fingerprint density at radius 2 is 1.81 bits per heavy atom. The Labute approximate surface area is 123 Å². The molecule has 0 amide bonds. The molecule has 0 spiro atoms. The summed E-state index contributed by atoms with van der Waals surface area (Å²) in [5, 5.41) is 0. The monoisotopic (exact) mass is 295 g/mol. The molecule has 1 aromatic rings. The second-order valence-electron chi connectivity index (χ2n) is 6.79. The van der Waals surface area contributed by atoms with Gasteiger partial charge in [-0.3, -0.25) is 4.90 Å². The molecule has 0 aromatic heterocycles. The van der Waals surface area contributed by atoms with Crippen LogP contribution in [0.25, 0.3) is 0 Å². The average Bonchev–Trinajstić information content (AvgIpc) is 2.46. The van der Waals surface area contributed by atoms with Crippen LogP contribution in [0, 0.1) is 5.92 Å². The number of hydrogen-bond donors (Lipinski definition) is 0. The van der Waals surface area contributed by atoms with Gasteiger partial charge in [-0.2, -0.15) is 13.2 Å². The van der Waals surface area contributed by atoms with Crippen LogP contribution in [0.2, 0.25) is 0 Å². The van der Waals surface area contributed by atoms with Crippen molar-refractivity contribution < 1.29 is 13.2 Å². The first-order valence-electron chi connectivity index (χ1n) is 7.98. The lowest BCUT2D eigenvalue weighted by Gasteiger charge is -2.52. The molecule has 1 aromatic carbocycles. The molecule has 1 nitrogen and oxygen atoms in total. The minimum Gasteiger partial charge on any atom is -0.299 e. The molecular formula is C17H20F3N. The van der Waals surface area contributed by atoms with E-state index in [-0.39, 0.29) is 0 Å². The summed E-state index contributed by atoms with van der Waals surface area (Å²) >= 11 is 0. The van der Waals surface area contributed by atoms with E-state index in [0.717, 1.165) is 43.5 Å². The number of rotatable bonds is 0. The normalized spacial score (nSPS) is 32.4. The third-order valence-corrected chi connectivity index (χ3v) is 5.65. The third kappa shape index (κ3) is 2.19. The number of hydrogen-bond acceptors (Lipinski definition) is 1. The van der Waals surface area contributed by atoms with Crippen LogP contribution in [0.15, 0.2) is 18.2 Å². The SMILES string of the molecule is FC(F)(F)c1ccc2c(c1)C1CCCN3CCCC(C2)C13. The Morgan fingerprint density at radius 1 is 1.05 bits per heavy atom. The van der Waals surface area contributed by atoms with E-state index in [4.69, 9.17) is 0 Å². The third-order valence-electron chi connectivity index (χ3n) is 5.65. The van der Waals surface area contributed by atoms with Gasteiger partial charge >= 0.3 is 6.18 Å². The van der Waals surface area contributed by atoms with Crippen LogP contribution in [-0.2, 0) is 12.6 Å². The molecule has 21 heavy (non-hydrogen) atoms. The van der Waals surface area contributed by atoms with Gasteiger partial charge in [-0.15, -0.1) is 0 Å². The van der Waals surface area contributed by atoms with Crippen molar-refractivity contribution in [2.75, 3.05) is 13.1 Å². The summed E-state index contributed by atoms with van der Waals surface area (Å²) in [6.07, 6.45) is 1.37. The summed E-state index contributed by atoms with van der Waals surface area (Å²) in [6.45, 7) is 2.26. The van der Waals surface area contributed by atoms with E-state index in [2.05, 4.69) is 4.90 Å². The number of halogens is 3. The minimum absolute atomic E-state index is 0.315. The van der Waals surface area contributed by atoms with E-state index >= 15 is 0 Å². The summed E-state index contributed by atoms with van der Waals surface area (Å²) in [4.78, 5) is 2.55. The second kappa shape index (κ2) is 4.73. The van der Waals surface area contributed by atoms with E-state index in [1.807, 2.05) is 0 Å². The molecule has 3 unspecified atom stereocenters. The van der Waals surface area contributed by atoms with Gasteiger partial charge in [0, 0.05) is 12.0 Å². The Bertz CT molecular complexity index is 549. The standard InChI is InChI=1S/C17H20F3N/c18-17(19,20)13-6-5-11-9-12-3-1-7-21-8-2-4-14(16(12)21)15(11)10-13/h5-6,10,12,14,16H,1-4,7-9H2. The van der Waals surface area contributed by atoms with Gasteiger partial charge in [0.05, 0.1) is 5.56 Å². The van der Waals surface area contributed by atoms with Crippen molar-refractivity contribution >= 4 is 0 Å². The highest BCUT2D eigenvalue weighted by Gasteiger charge is 2.44. The number of benzene rings is 1. The number of alkyl halides is 3. The van der Waals surface area contributed by atoms with Crippen molar-refractivity contribution in [3.05, 3.63) is 34.9 Å². The van der Waals surface area contributed by atoms with Crippen LogP contribution >= 0.6 is 0 Å². The van der Waals surface area contributed by atoms with E-state index in [1.165, 1.54) is 25.0 Å². The maximum Gasteiger partial charge on any atom is 0.416 e. The molecule has 1 aliphatic carbocycles. The predicted octanol–water partition coefficient (Wildman–Crippen LogP) is 4.22. The zero-order valence-corrected chi connectivity index (χ0v) is 12.0. The molecule has 3 atom stereocenters. The Hall–Kier alpha value is -1.03. The molecule has 4 rings (SSSR count). The number of piperidine rings is 2. The van der Waals surface area contributed by atoms with Crippen LogP contribution in [0.5, 0.6) is 0 Å². The quantitative estimate of drug-likeness (QED) is 0.692. The van der Waals surface area contributed by atoms with Crippen LogP contribution < -0.4 is 0 Å². The van der Waals surface area contributed by atoms with Crippen molar-refractivity contribution in [3.8, 4) is 0 Å². The topological polar surface area (TPSA) is 3.24 Å². The predicted molar refractivity (Wildman–Crippen MR) is 75.2 cm³/mol. The van der Waals surface area contributed by atoms with Gasteiger partial charge in [-0.05, 0) is 74.4 Å². The van der Waals surface area contributed by atoms with Gasteiger partial charge in [-0.1, -0.05) is 6.07 Å². The van der Waals surface area contributed by atoms with Crippen molar-refractivity contribution in [2.24, 2.45) is 5.92 Å². The Morgan fingerprint density at radius 3 is 2.57 bits per heavy atom. The lowest BCUT2D eigenvalue weighted by Crippen LogP contribution is -2.54. The molecule has 0 saturated carbocycles. The lowest BCUT2D eigenvalue weighted by molar-refractivity contribution is -0.137. The van der Waals surface area contributed by atoms with Crippen molar-refractivity contribution in [2.45, 2.75) is 50.2 Å². The smallest absolute Gasteiger partial charge is 0.299 e. The summed E-state index contributed by atoms with van der Waals surface area (Å²) < 4.78 is 39.0. The molecule has 0 radical (unpaired) electrons. The van der Waals surface area contributed by atoms with Gasteiger partial charge in [-0.25, -0.2) is 0 Å². The molecule has 2 fully saturated rings. The van der Waals surface area contributed by atoms with Gasteiger partial charge in [0.1, 0.15) is 0 Å². The highest BCUT2D eigenvalue weighted by atomic mass is 19.4. The molecule has 4 heteroatoms. The molecule has 0 N–H and O–H groups in total. The number of fused-ring (bicyclic) bond motifs is 2. The van der Waals surface area contributed by atoms with Crippen molar-refractivity contribution in [3.63, 3.8) is 0 Å². The fourth-order valence-electron chi connectivity index (χ4n) is 4.85. The second-order valence-corrected chi connectivity index (χ2v) is 6.79. The molecule has 114 valence electrons. The highest BCUT2D eigenvalue weighted by Crippen LogP contribution is 2.47. The molecule has 2 heterocycles. The molecular weight excluding hydrogens is 275 g/mol. The summed E-state index contributed by atoms with van der Waals surface area (Å²) in [6, 6.07) is 4.93. The zero-order valence-electron chi connectivity index (χ0n) is 12.0. The minimum atomic E-state index is -4.23. The lowest BCUT2D eigenvalue weighted by atomic mass is 9.66. The average molecular weight is 295 g/mol. The van der Waals surface area contributed by atoms with Crippen LogP contribution in [-0.4, -0.2) is 24.0 Å². The van der Waals surface area contributed by atoms with Crippen LogP contribution in [0.4, 0.5) is 13.2 Å². The van der Waals surface area contributed by atoms with Crippen molar-refractivity contribution in [1.82, 2.24) is 4.90 Å². The first-order chi connectivity index (χ1) is 10.0. The molecule has 0 bridgehead atoms. The van der Waals surface area contributed by atoms with Gasteiger partial charge in [0.25, 0.3) is 0 Å². The summed E-state index contributed by atoms with van der Waals surface area (Å²) in [5.74, 6) is 0.961. The molecule has 2 aliphatic heterocycles. The Balaban J connectivity index is 1.77. The van der Waals surface area contributed by atoms with Crippen LogP contribution in [0.3, 0.4) is 0 Å². The highest BCUT2D eigenvalue weighted by molar-refractivity contribution is 5.40. The fraction of sp³-hybridized carbons (Fsp3) is 0.647. The Kier molecular flexibility index (Phi) is 3.07. The van der Waals surface area contributed by atoms with E-state index in [0.29, 0.717) is 17.9 Å². The fourth-order valence-corrected chi connectivity index (χ4v) is 4.85. The van der Waals surface area contributed by atoms with E-state index in [9.17, 15) is 13.2 Å². The van der Waals surface area contributed by atoms with Crippen LogP contribution in [0.1, 0.15) is 48.3 Å². The largest absolute Gasteiger partial charge is 0.416 e. The van der Waals surface area contributed by atoms with Gasteiger partial charge < -0.3 is 0 Å². The maximum absolute atomic E-state index is 13.0. The van der Waals surface area contributed by atoms with E-state index < -0.39 is 11.7 Å². The summed E-state index contributed by atoms with van der Waals surface area (Å²) in [7, 11) is 0. The van der Waals surface area contributed by atoms with Gasteiger partial charge in [0.15, 0.2) is 0 Å². The molecule has 2 saturated heterocycles. The number of nitrogens with zero attached hydrogens (tertiary/aromatic N) is 1. The molecule has 3 aliphatic rings. The first kappa shape index (κ1) is 13.6. The summed E-state index contributed by atoms with van der Waals surface area (Å²) in [5.41, 5.74) is 1.67. The first-order valence-corrected chi connectivity index (χ1v) is 7.98. The zero-order chi connectivity index (χ0) is 14.6. The van der Waals surface area contributed by atoms with Crippen molar-refractivity contribution in [1.29, 1.82) is 0 Å². The van der Waals surface area contributed by atoms with Gasteiger partial charge in [0.2, 0.25) is 0 Å². The maximum atomic E-state index is 13.0. The van der Waals surface area contributed by atoms with E-state index in [1.54, 1.807) is 6.07 Å².